The molecular weight excluding hydrogens is 221 g/mol. The largest absolute Gasteiger partial charge is 0.506 e. The number of phenols is 1. The Hall–Kier alpha value is -1.00. The predicted molar refractivity (Wildman–Crippen MR) is 57.0 cm³/mol. The van der Waals surface area contributed by atoms with E-state index in [0.717, 1.165) is 0 Å². The lowest BCUT2D eigenvalue weighted by Crippen LogP contribution is -2.01. The number of rotatable bonds is 4. The summed E-state index contributed by atoms with van der Waals surface area (Å²) in [4.78, 5) is 0. The lowest BCUT2D eigenvalue weighted by molar-refractivity contribution is 0.379. The van der Waals surface area contributed by atoms with Crippen molar-refractivity contribution in [2.75, 3.05) is 13.7 Å². The second kappa shape index (κ2) is 5.19. The monoisotopic (exact) mass is 233 g/mol. The summed E-state index contributed by atoms with van der Waals surface area (Å²) in [6.07, 6.45) is 1.15. The first-order valence-electron chi connectivity index (χ1n) is 4.55. The molecule has 0 aliphatic rings. The van der Waals surface area contributed by atoms with E-state index in [2.05, 4.69) is 0 Å². The molecule has 1 rings (SSSR count). The van der Waals surface area contributed by atoms with Gasteiger partial charge in [-0.2, -0.15) is 0 Å². The van der Waals surface area contributed by atoms with Crippen LogP contribution < -0.4 is 10.5 Å². The third kappa shape index (κ3) is 2.52. The number of aromatic hydroxyl groups is 1. The summed E-state index contributed by atoms with van der Waals surface area (Å²) in [7, 11) is 1.29. The molecule has 0 aliphatic heterocycles. The average molecular weight is 234 g/mol. The Bertz CT molecular complexity index is 358. The van der Waals surface area contributed by atoms with Gasteiger partial charge in [0.1, 0.15) is 10.8 Å². The van der Waals surface area contributed by atoms with Gasteiger partial charge in [-0.1, -0.05) is 11.6 Å². The van der Waals surface area contributed by atoms with E-state index in [0.29, 0.717) is 24.9 Å². The van der Waals surface area contributed by atoms with Crippen LogP contribution in [0.2, 0.25) is 5.02 Å². The molecular formula is C10H13ClFNO2. The molecule has 3 nitrogen and oxygen atoms in total. The molecule has 0 bridgehead atoms. The summed E-state index contributed by atoms with van der Waals surface area (Å²) in [6.45, 7) is 0.477. The molecule has 0 radical (unpaired) electrons. The lowest BCUT2D eigenvalue weighted by Gasteiger charge is -2.10. The Morgan fingerprint density at radius 3 is 2.80 bits per heavy atom. The lowest BCUT2D eigenvalue weighted by atomic mass is 10.1. The number of phenolic OH excluding ortho intramolecular Hbond substituents is 1. The van der Waals surface area contributed by atoms with E-state index >= 15 is 0 Å². The highest BCUT2D eigenvalue weighted by Gasteiger charge is 2.16. The number of methoxy groups -OCH3 is 1. The molecule has 5 heteroatoms. The van der Waals surface area contributed by atoms with Crippen LogP contribution >= 0.6 is 11.6 Å². The van der Waals surface area contributed by atoms with Crippen molar-refractivity contribution in [3.63, 3.8) is 0 Å². The zero-order valence-corrected chi connectivity index (χ0v) is 9.14. The molecule has 0 atom stereocenters. The van der Waals surface area contributed by atoms with Crippen LogP contribution in [0.1, 0.15) is 12.0 Å². The van der Waals surface area contributed by atoms with Gasteiger partial charge in [-0.05, 0) is 31.0 Å². The maximum Gasteiger partial charge on any atom is 0.176 e. The SMILES string of the molecule is COc1c(F)cc(CCCN)c(O)c1Cl. The van der Waals surface area contributed by atoms with E-state index < -0.39 is 5.82 Å². The van der Waals surface area contributed by atoms with Gasteiger partial charge in [-0.25, -0.2) is 4.39 Å². The predicted octanol–water partition coefficient (Wildman–Crippen LogP) is 2.08. The van der Waals surface area contributed by atoms with E-state index in [1.165, 1.54) is 13.2 Å². The van der Waals surface area contributed by atoms with Gasteiger partial charge in [0.25, 0.3) is 0 Å². The highest BCUT2D eigenvalue weighted by Crippen LogP contribution is 2.38. The van der Waals surface area contributed by atoms with E-state index in [4.69, 9.17) is 22.1 Å². The van der Waals surface area contributed by atoms with Gasteiger partial charge in [-0.15, -0.1) is 0 Å². The van der Waals surface area contributed by atoms with E-state index in [-0.39, 0.29) is 16.5 Å². The number of hydrogen-bond acceptors (Lipinski definition) is 3. The molecule has 0 saturated carbocycles. The Balaban J connectivity index is 3.10. The summed E-state index contributed by atoms with van der Waals surface area (Å²) in [5.74, 6) is -0.846. The molecule has 0 aromatic heterocycles. The molecule has 0 aliphatic carbocycles. The number of aryl methyl sites for hydroxylation is 1. The van der Waals surface area contributed by atoms with Gasteiger partial charge >= 0.3 is 0 Å². The van der Waals surface area contributed by atoms with Crippen LogP contribution in [-0.2, 0) is 6.42 Å². The van der Waals surface area contributed by atoms with Crippen molar-refractivity contribution in [3.8, 4) is 11.5 Å². The summed E-state index contributed by atoms with van der Waals surface area (Å²) in [6, 6.07) is 1.22. The fourth-order valence-corrected chi connectivity index (χ4v) is 1.60. The Labute approximate surface area is 92.6 Å². The van der Waals surface area contributed by atoms with Crippen molar-refractivity contribution >= 4 is 11.6 Å². The van der Waals surface area contributed by atoms with Gasteiger partial charge in [0.05, 0.1) is 7.11 Å². The van der Waals surface area contributed by atoms with Crippen molar-refractivity contribution in [1.82, 2.24) is 0 Å². The van der Waals surface area contributed by atoms with Gasteiger partial charge in [-0.3, -0.25) is 0 Å². The molecule has 0 amide bonds. The zero-order chi connectivity index (χ0) is 11.4. The number of halogens is 2. The molecule has 0 heterocycles. The highest BCUT2D eigenvalue weighted by atomic mass is 35.5. The maximum absolute atomic E-state index is 13.4. The van der Waals surface area contributed by atoms with Gasteiger partial charge in [0.2, 0.25) is 0 Å². The van der Waals surface area contributed by atoms with E-state index in [1.54, 1.807) is 0 Å². The second-order valence-corrected chi connectivity index (χ2v) is 3.48. The third-order valence-electron chi connectivity index (χ3n) is 2.08. The third-order valence-corrected chi connectivity index (χ3v) is 2.43. The van der Waals surface area contributed by atoms with Crippen LogP contribution in [0.15, 0.2) is 6.07 Å². The fraction of sp³-hybridized carbons (Fsp3) is 0.400. The molecule has 3 N–H and O–H groups in total. The van der Waals surface area contributed by atoms with Crippen molar-refractivity contribution in [3.05, 3.63) is 22.5 Å². The van der Waals surface area contributed by atoms with Gasteiger partial charge in [0.15, 0.2) is 11.6 Å². The molecule has 15 heavy (non-hydrogen) atoms. The van der Waals surface area contributed by atoms with Crippen molar-refractivity contribution < 1.29 is 14.2 Å². The minimum atomic E-state index is -0.577. The van der Waals surface area contributed by atoms with Crippen LogP contribution in [0.3, 0.4) is 0 Å². The fourth-order valence-electron chi connectivity index (χ4n) is 1.31. The van der Waals surface area contributed by atoms with E-state index in [1.807, 2.05) is 0 Å². The standard InChI is InChI=1S/C10H13ClFNO2/c1-15-10-7(12)5-6(3-2-4-13)9(14)8(10)11/h5,14H,2-4,13H2,1H3. The number of benzene rings is 1. The minimum Gasteiger partial charge on any atom is -0.506 e. The summed E-state index contributed by atoms with van der Waals surface area (Å²) >= 11 is 5.74. The second-order valence-electron chi connectivity index (χ2n) is 3.11. The summed E-state index contributed by atoms with van der Waals surface area (Å²) in [5.41, 5.74) is 5.77. The molecule has 0 spiro atoms. The number of hydrogen-bond donors (Lipinski definition) is 2. The smallest absolute Gasteiger partial charge is 0.176 e. The average Bonchev–Trinajstić information content (AvgIpc) is 2.22. The Kier molecular flexibility index (Phi) is 4.17. The zero-order valence-electron chi connectivity index (χ0n) is 8.39. The number of nitrogens with two attached hydrogens (primary N) is 1. The van der Waals surface area contributed by atoms with Crippen molar-refractivity contribution in [2.45, 2.75) is 12.8 Å². The summed E-state index contributed by atoms with van der Waals surface area (Å²) < 4.78 is 18.1. The van der Waals surface area contributed by atoms with Gasteiger partial charge in [0, 0.05) is 0 Å². The Morgan fingerprint density at radius 2 is 2.27 bits per heavy atom. The quantitative estimate of drug-likeness (QED) is 0.837. The molecule has 0 unspecified atom stereocenters. The van der Waals surface area contributed by atoms with Crippen LogP contribution in [0.5, 0.6) is 11.5 Å². The van der Waals surface area contributed by atoms with Crippen LogP contribution in [0.4, 0.5) is 4.39 Å². The first-order valence-corrected chi connectivity index (χ1v) is 4.93. The van der Waals surface area contributed by atoms with Crippen molar-refractivity contribution in [1.29, 1.82) is 0 Å². The van der Waals surface area contributed by atoms with Gasteiger partial charge < -0.3 is 15.6 Å². The molecule has 84 valence electrons. The van der Waals surface area contributed by atoms with Crippen LogP contribution in [0, 0.1) is 5.82 Å². The number of ether oxygens (including phenoxy) is 1. The maximum atomic E-state index is 13.4. The molecule has 0 fully saturated rings. The van der Waals surface area contributed by atoms with Crippen LogP contribution in [-0.4, -0.2) is 18.8 Å². The first-order chi connectivity index (χ1) is 7.11. The molecule has 1 aromatic carbocycles. The highest BCUT2D eigenvalue weighted by molar-refractivity contribution is 6.33. The normalized spacial score (nSPS) is 10.4. The topological polar surface area (TPSA) is 55.5 Å². The van der Waals surface area contributed by atoms with Crippen molar-refractivity contribution in [2.24, 2.45) is 5.73 Å². The molecule has 1 aromatic rings. The minimum absolute atomic E-state index is 0.0930. The molecule has 0 saturated heterocycles. The van der Waals surface area contributed by atoms with Crippen LogP contribution in [0.25, 0.3) is 0 Å². The first kappa shape index (κ1) is 12.1. The summed E-state index contributed by atoms with van der Waals surface area (Å²) in [5, 5.41) is 9.55. The van der Waals surface area contributed by atoms with E-state index in [9.17, 15) is 9.50 Å². The Morgan fingerprint density at radius 1 is 1.60 bits per heavy atom.